The summed E-state index contributed by atoms with van der Waals surface area (Å²) >= 11 is 1.30. The van der Waals surface area contributed by atoms with E-state index in [1.165, 1.54) is 11.3 Å². The van der Waals surface area contributed by atoms with E-state index in [9.17, 15) is 14.4 Å². The number of ether oxygens (including phenoxy) is 2. The van der Waals surface area contributed by atoms with Crippen molar-refractivity contribution in [3.8, 4) is 0 Å². The molecule has 0 radical (unpaired) electrons. The van der Waals surface area contributed by atoms with Gasteiger partial charge in [-0.25, -0.2) is 0 Å². The molecule has 192 valence electrons. The normalized spacial score (nSPS) is 30.5. The number of likely N-dealkylation sites (tertiary alicyclic amines) is 1. The molecule has 1 aromatic heterocycles. The summed E-state index contributed by atoms with van der Waals surface area (Å²) in [5.74, 6) is -1.00. The van der Waals surface area contributed by atoms with Gasteiger partial charge in [-0.15, -0.1) is 11.3 Å². The van der Waals surface area contributed by atoms with Crippen molar-refractivity contribution in [1.29, 1.82) is 0 Å². The first-order valence-corrected chi connectivity index (χ1v) is 13.4. The molecule has 5 heterocycles. The van der Waals surface area contributed by atoms with Crippen LogP contribution >= 0.6 is 11.3 Å². The Balaban J connectivity index is 1.24. The lowest BCUT2D eigenvalue weighted by Gasteiger charge is -2.46. The maximum atomic E-state index is 13.5. The lowest BCUT2D eigenvalue weighted by atomic mass is 9.72. The Bertz CT molecular complexity index is 930. The van der Waals surface area contributed by atoms with Crippen molar-refractivity contribution in [2.45, 2.75) is 50.9 Å². The van der Waals surface area contributed by atoms with Crippen LogP contribution in [0.25, 0.3) is 0 Å². The molecule has 6 rings (SSSR count). The van der Waals surface area contributed by atoms with Crippen molar-refractivity contribution in [3.63, 3.8) is 0 Å². The van der Waals surface area contributed by atoms with Crippen LogP contribution in [0, 0.1) is 16.7 Å². The zero-order valence-electron chi connectivity index (χ0n) is 20.4. The molecule has 5 fully saturated rings. The van der Waals surface area contributed by atoms with Gasteiger partial charge in [0, 0.05) is 44.1 Å². The Labute approximate surface area is 209 Å². The number of amides is 3. The summed E-state index contributed by atoms with van der Waals surface area (Å²) in [6.45, 7) is 5.20. The maximum absolute atomic E-state index is 13.5. The first-order chi connectivity index (χ1) is 16.8. The molecule has 1 aromatic rings. The van der Waals surface area contributed by atoms with E-state index in [0.29, 0.717) is 50.4 Å². The van der Waals surface area contributed by atoms with E-state index in [0.717, 1.165) is 25.7 Å². The highest BCUT2D eigenvalue weighted by Gasteiger charge is 2.55. The van der Waals surface area contributed by atoms with E-state index in [1.54, 1.807) is 23.7 Å². The van der Waals surface area contributed by atoms with Gasteiger partial charge in [0.1, 0.15) is 10.9 Å². The average molecular weight is 506 g/mol. The first-order valence-electron chi connectivity index (χ1n) is 12.5. The van der Waals surface area contributed by atoms with Crippen LogP contribution < -0.4 is 16.0 Å². The van der Waals surface area contributed by atoms with Gasteiger partial charge in [-0.2, -0.15) is 0 Å². The fraction of sp³-hybridized carbons (Fsp3) is 0.750. The number of aromatic nitrogens is 1. The third-order valence-corrected chi connectivity index (χ3v) is 9.18. The van der Waals surface area contributed by atoms with E-state index in [-0.39, 0.29) is 28.6 Å². The molecule has 1 spiro atoms. The van der Waals surface area contributed by atoms with Gasteiger partial charge in [0.15, 0.2) is 0 Å². The summed E-state index contributed by atoms with van der Waals surface area (Å²) in [5, 5.41) is 8.90. The number of fused-ring (bicyclic) bond motifs is 3. The second-order valence-corrected chi connectivity index (χ2v) is 11.6. The lowest BCUT2D eigenvalue weighted by Crippen LogP contribution is -2.62. The van der Waals surface area contributed by atoms with Crippen LogP contribution in [0.1, 0.15) is 42.3 Å². The van der Waals surface area contributed by atoms with E-state index in [4.69, 9.17) is 9.47 Å². The minimum absolute atomic E-state index is 0.00484. The number of carbonyl (C=O) groups is 3. The van der Waals surface area contributed by atoms with E-state index < -0.39 is 18.1 Å². The molecule has 35 heavy (non-hydrogen) atoms. The molecule has 0 aromatic carbocycles. The minimum atomic E-state index is -0.818. The largest absolute Gasteiger partial charge is 0.378 e. The number of hydrogen-bond donors (Lipinski definition) is 3. The molecule has 3 amide bonds. The highest BCUT2D eigenvalue weighted by atomic mass is 32.1. The fourth-order valence-corrected chi connectivity index (χ4v) is 6.56. The standard InChI is InChI=1S/C24H35N5O5S/c1-15(33-12-23-5-3-16(4-6-23)34-13-23)19(21(31)25-2)28-20(30)17-8-29(11-24(17)9-27-10-24)22(32)18-7-26-14-35-18/h7,14-17,19,27H,3-6,8-13H2,1-2H3,(H,25,31)(H,28,30)/t15-,16?,17+,19+,23?/m1/s1. The molecule has 4 saturated heterocycles. The molecule has 1 saturated carbocycles. The SMILES string of the molecule is CNC(=O)[C@@H](NC(=O)[C@@H]1CN(C(=O)c2cncs2)CC12CNC2)[C@@H](C)OCC12CCC(CC1)OC2. The third kappa shape index (κ3) is 4.71. The number of likely N-dealkylation sites (N-methyl/N-ethyl adjacent to an activating group) is 1. The maximum Gasteiger partial charge on any atom is 0.265 e. The predicted molar refractivity (Wildman–Crippen MR) is 129 cm³/mol. The Morgan fingerprint density at radius 1 is 1.34 bits per heavy atom. The summed E-state index contributed by atoms with van der Waals surface area (Å²) < 4.78 is 12.1. The summed E-state index contributed by atoms with van der Waals surface area (Å²) in [5.41, 5.74) is 1.32. The van der Waals surface area contributed by atoms with Gasteiger partial charge in [0.25, 0.3) is 5.91 Å². The van der Waals surface area contributed by atoms with Crippen molar-refractivity contribution in [3.05, 3.63) is 16.6 Å². The van der Waals surface area contributed by atoms with Gasteiger partial charge in [-0.05, 0) is 32.6 Å². The molecule has 2 bridgehead atoms. The van der Waals surface area contributed by atoms with Gasteiger partial charge in [-0.1, -0.05) is 0 Å². The van der Waals surface area contributed by atoms with Crippen LogP contribution in [0.3, 0.4) is 0 Å². The molecular formula is C24H35N5O5S. The Morgan fingerprint density at radius 2 is 2.11 bits per heavy atom. The van der Waals surface area contributed by atoms with Gasteiger partial charge in [0.2, 0.25) is 11.8 Å². The van der Waals surface area contributed by atoms with Crippen LogP contribution in [-0.4, -0.2) is 92.3 Å². The molecule has 11 heteroatoms. The van der Waals surface area contributed by atoms with Crippen molar-refractivity contribution < 1.29 is 23.9 Å². The van der Waals surface area contributed by atoms with Crippen LogP contribution in [0.15, 0.2) is 11.7 Å². The summed E-state index contributed by atoms with van der Waals surface area (Å²) in [7, 11) is 1.56. The minimum Gasteiger partial charge on any atom is -0.378 e. The van der Waals surface area contributed by atoms with Crippen molar-refractivity contribution in [2.24, 2.45) is 16.7 Å². The van der Waals surface area contributed by atoms with Gasteiger partial charge in [-0.3, -0.25) is 19.4 Å². The summed E-state index contributed by atoms with van der Waals surface area (Å²) in [4.78, 5) is 45.6. The highest BCUT2D eigenvalue weighted by Crippen LogP contribution is 2.43. The molecule has 0 unspecified atom stereocenters. The van der Waals surface area contributed by atoms with Crippen LogP contribution in [0.5, 0.6) is 0 Å². The zero-order chi connectivity index (χ0) is 24.6. The second-order valence-electron chi connectivity index (χ2n) is 10.7. The molecule has 10 nitrogen and oxygen atoms in total. The number of hydrogen-bond acceptors (Lipinski definition) is 8. The average Bonchev–Trinajstić information content (AvgIpc) is 3.55. The molecule has 5 aliphatic rings. The summed E-state index contributed by atoms with van der Waals surface area (Å²) in [6.07, 6.45) is 5.71. The fourth-order valence-electron chi connectivity index (χ4n) is 5.97. The quantitative estimate of drug-likeness (QED) is 0.468. The molecular weight excluding hydrogens is 470 g/mol. The smallest absolute Gasteiger partial charge is 0.265 e. The van der Waals surface area contributed by atoms with E-state index in [1.807, 2.05) is 6.92 Å². The van der Waals surface area contributed by atoms with Crippen LogP contribution in [-0.2, 0) is 19.1 Å². The van der Waals surface area contributed by atoms with E-state index >= 15 is 0 Å². The van der Waals surface area contributed by atoms with Crippen LogP contribution in [0.2, 0.25) is 0 Å². The predicted octanol–water partition coefficient (Wildman–Crippen LogP) is 0.400. The van der Waals surface area contributed by atoms with Gasteiger partial charge >= 0.3 is 0 Å². The Kier molecular flexibility index (Phi) is 6.86. The zero-order valence-corrected chi connectivity index (χ0v) is 21.2. The van der Waals surface area contributed by atoms with Crippen molar-refractivity contribution in [2.75, 3.05) is 46.4 Å². The van der Waals surface area contributed by atoms with Gasteiger partial charge in [0.05, 0.1) is 43.0 Å². The second kappa shape index (κ2) is 9.76. The third-order valence-electron chi connectivity index (χ3n) is 8.42. The van der Waals surface area contributed by atoms with Crippen LogP contribution in [0.4, 0.5) is 0 Å². The van der Waals surface area contributed by atoms with Gasteiger partial charge < -0.3 is 30.3 Å². The topological polar surface area (TPSA) is 122 Å². The molecule has 3 atom stereocenters. The Morgan fingerprint density at radius 3 is 2.69 bits per heavy atom. The lowest BCUT2D eigenvalue weighted by molar-refractivity contribution is -0.155. The molecule has 4 aliphatic heterocycles. The number of nitrogens with one attached hydrogen (secondary N) is 3. The highest BCUT2D eigenvalue weighted by molar-refractivity contribution is 7.11. The van der Waals surface area contributed by atoms with Crippen molar-refractivity contribution in [1.82, 2.24) is 25.8 Å². The molecule has 1 aliphatic carbocycles. The number of thiazole rings is 1. The first kappa shape index (κ1) is 24.6. The number of rotatable bonds is 8. The number of carbonyl (C=O) groups excluding carboxylic acids is 3. The summed E-state index contributed by atoms with van der Waals surface area (Å²) in [6, 6.07) is -0.818. The Hall–Kier alpha value is -2.08. The monoisotopic (exact) mass is 505 g/mol. The van der Waals surface area contributed by atoms with Crippen molar-refractivity contribution >= 4 is 29.1 Å². The van der Waals surface area contributed by atoms with E-state index in [2.05, 4.69) is 20.9 Å². The molecule has 3 N–H and O–H groups in total. The number of nitrogens with zero attached hydrogens (tertiary/aromatic N) is 2.